The van der Waals surface area contributed by atoms with Crippen LogP contribution in [0.4, 0.5) is 4.39 Å². The molecule has 2 rings (SSSR count). The molecule has 3 nitrogen and oxygen atoms in total. The Morgan fingerprint density at radius 1 is 1.36 bits per heavy atom. The fourth-order valence-electron chi connectivity index (χ4n) is 1.54. The molecule has 0 radical (unpaired) electrons. The van der Waals surface area contributed by atoms with Gasteiger partial charge in [0.2, 0.25) is 0 Å². The van der Waals surface area contributed by atoms with Crippen LogP contribution in [-0.4, -0.2) is 12.0 Å². The van der Waals surface area contributed by atoms with Crippen molar-refractivity contribution in [1.82, 2.24) is 0 Å². The molecule has 14 heavy (non-hydrogen) atoms. The summed E-state index contributed by atoms with van der Waals surface area (Å²) in [4.78, 5) is 10.9. The number of cyclic esters (lactones) is 1. The van der Waals surface area contributed by atoms with Gasteiger partial charge in [-0.25, -0.2) is 4.39 Å². The summed E-state index contributed by atoms with van der Waals surface area (Å²) in [5.74, 6) is -0.613. The van der Waals surface area contributed by atoms with E-state index in [1.54, 1.807) is 12.1 Å². The van der Waals surface area contributed by atoms with Crippen LogP contribution in [0.3, 0.4) is 0 Å². The second kappa shape index (κ2) is 3.38. The molecule has 1 fully saturated rings. The lowest BCUT2D eigenvalue weighted by Crippen LogP contribution is -2.23. The molecular weight excluding hydrogens is 185 g/mol. The number of hydrogen-bond donors (Lipinski definition) is 1. The second-order valence-corrected chi connectivity index (χ2v) is 3.33. The van der Waals surface area contributed by atoms with Gasteiger partial charge in [-0.1, -0.05) is 12.1 Å². The first-order valence-electron chi connectivity index (χ1n) is 4.37. The lowest BCUT2D eigenvalue weighted by atomic mass is 10.0. The van der Waals surface area contributed by atoms with Crippen LogP contribution in [0.1, 0.15) is 18.1 Å². The lowest BCUT2D eigenvalue weighted by Gasteiger charge is -2.13. The van der Waals surface area contributed by atoms with E-state index in [1.165, 1.54) is 12.1 Å². The first-order chi connectivity index (χ1) is 6.66. The van der Waals surface area contributed by atoms with Crippen molar-refractivity contribution in [1.29, 1.82) is 0 Å². The third kappa shape index (κ3) is 1.61. The van der Waals surface area contributed by atoms with Gasteiger partial charge in [0, 0.05) is 0 Å². The Bertz CT molecular complexity index is 350. The van der Waals surface area contributed by atoms with Gasteiger partial charge in [-0.15, -0.1) is 0 Å². The van der Waals surface area contributed by atoms with Crippen molar-refractivity contribution < 1.29 is 13.9 Å². The van der Waals surface area contributed by atoms with Crippen LogP contribution >= 0.6 is 0 Å². The summed E-state index contributed by atoms with van der Waals surface area (Å²) >= 11 is 0. The second-order valence-electron chi connectivity index (χ2n) is 3.33. The molecule has 1 unspecified atom stereocenters. The van der Waals surface area contributed by atoms with Gasteiger partial charge in [0.15, 0.2) is 0 Å². The largest absolute Gasteiger partial charge is 0.456 e. The number of carbonyl (C=O) groups excluding carboxylic acids is 1. The molecule has 4 heteroatoms. The van der Waals surface area contributed by atoms with Gasteiger partial charge in [0.1, 0.15) is 11.9 Å². The number of halogens is 1. The zero-order chi connectivity index (χ0) is 10.1. The molecule has 0 amide bonds. The first-order valence-corrected chi connectivity index (χ1v) is 4.37. The van der Waals surface area contributed by atoms with Gasteiger partial charge in [0.05, 0.1) is 12.5 Å². The highest BCUT2D eigenvalue weighted by Crippen LogP contribution is 2.28. The number of hydrogen-bond acceptors (Lipinski definition) is 3. The summed E-state index contributed by atoms with van der Waals surface area (Å²) < 4.78 is 17.6. The SMILES string of the molecule is N[C@H]1CC(=O)OC1c1ccc(F)cc1. The number of carbonyl (C=O) groups is 1. The lowest BCUT2D eigenvalue weighted by molar-refractivity contribution is -0.141. The molecule has 0 saturated carbocycles. The topological polar surface area (TPSA) is 52.3 Å². The molecule has 1 aromatic rings. The van der Waals surface area contributed by atoms with E-state index in [2.05, 4.69) is 0 Å². The standard InChI is InChI=1S/C10H10FNO2/c11-7-3-1-6(2-4-7)10-8(12)5-9(13)14-10/h1-4,8,10H,5,12H2/t8-,10?/m0/s1. The molecule has 2 atom stereocenters. The Labute approximate surface area is 80.7 Å². The molecule has 0 spiro atoms. The van der Waals surface area contributed by atoms with Gasteiger partial charge in [-0.3, -0.25) is 4.79 Å². The number of nitrogens with two attached hydrogens (primary N) is 1. The average Bonchev–Trinajstić information content (AvgIpc) is 2.47. The molecule has 2 N–H and O–H groups in total. The number of benzene rings is 1. The minimum absolute atomic E-state index is 0.224. The van der Waals surface area contributed by atoms with E-state index in [4.69, 9.17) is 10.5 Å². The highest BCUT2D eigenvalue weighted by molar-refractivity contribution is 5.73. The molecule has 1 aliphatic heterocycles. The Balaban J connectivity index is 2.23. The van der Waals surface area contributed by atoms with Crippen LogP contribution in [0.5, 0.6) is 0 Å². The maximum atomic E-state index is 12.6. The zero-order valence-corrected chi connectivity index (χ0v) is 7.44. The van der Waals surface area contributed by atoms with Crippen LogP contribution in [0.25, 0.3) is 0 Å². The molecular formula is C10H10FNO2. The summed E-state index contributed by atoms with van der Waals surface area (Å²) in [6, 6.07) is 5.49. The maximum absolute atomic E-state index is 12.6. The quantitative estimate of drug-likeness (QED) is 0.683. The Morgan fingerprint density at radius 3 is 2.50 bits per heavy atom. The van der Waals surface area contributed by atoms with E-state index in [1.807, 2.05) is 0 Å². The first kappa shape index (κ1) is 9.15. The van der Waals surface area contributed by atoms with Crippen molar-refractivity contribution in [3.05, 3.63) is 35.6 Å². The van der Waals surface area contributed by atoms with E-state index in [0.717, 1.165) is 5.56 Å². The van der Waals surface area contributed by atoms with Crippen LogP contribution in [-0.2, 0) is 9.53 Å². The molecule has 0 aliphatic carbocycles. The monoisotopic (exact) mass is 195 g/mol. The van der Waals surface area contributed by atoms with Crippen molar-refractivity contribution in [2.24, 2.45) is 5.73 Å². The van der Waals surface area contributed by atoms with Crippen molar-refractivity contribution in [3.63, 3.8) is 0 Å². The van der Waals surface area contributed by atoms with Gasteiger partial charge in [-0.05, 0) is 17.7 Å². The molecule has 1 saturated heterocycles. The maximum Gasteiger partial charge on any atom is 0.308 e. The molecule has 0 bridgehead atoms. The Kier molecular flexibility index (Phi) is 2.21. The van der Waals surface area contributed by atoms with Crippen LogP contribution in [0, 0.1) is 5.82 Å². The van der Waals surface area contributed by atoms with E-state index < -0.39 is 6.10 Å². The third-order valence-electron chi connectivity index (χ3n) is 2.25. The molecule has 1 aromatic carbocycles. The summed E-state index contributed by atoms with van der Waals surface area (Å²) in [5, 5.41) is 0. The van der Waals surface area contributed by atoms with E-state index in [9.17, 15) is 9.18 Å². The predicted octanol–water partition coefficient (Wildman–Crippen LogP) is 1.14. The van der Waals surface area contributed by atoms with Gasteiger partial charge in [-0.2, -0.15) is 0 Å². The van der Waals surface area contributed by atoms with Crippen molar-refractivity contribution in [3.8, 4) is 0 Å². The van der Waals surface area contributed by atoms with Crippen molar-refractivity contribution >= 4 is 5.97 Å². The van der Waals surface area contributed by atoms with E-state index in [0.29, 0.717) is 0 Å². The van der Waals surface area contributed by atoms with Crippen LogP contribution in [0.2, 0.25) is 0 Å². The van der Waals surface area contributed by atoms with Gasteiger partial charge in [0.25, 0.3) is 0 Å². The normalized spacial score (nSPS) is 26.3. The van der Waals surface area contributed by atoms with Crippen molar-refractivity contribution in [2.75, 3.05) is 0 Å². The summed E-state index contributed by atoms with van der Waals surface area (Å²) in [6.45, 7) is 0. The Hall–Kier alpha value is -1.42. The number of ether oxygens (including phenoxy) is 1. The Morgan fingerprint density at radius 2 is 2.00 bits per heavy atom. The minimum Gasteiger partial charge on any atom is -0.456 e. The molecule has 74 valence electrons. The van der Waals surface area contributed by atoms with Crippen LogP contribution in [0.15, 0.2) is 24.3 Å². The highest BCUT2D eigenvalue weighted by Gasteiger charge is 2.32. The number of esters is 1. The molecule has 1 aliphatic rings. The predicted molar refractivity (Wildman–Crippen MR) is 47.8 cm³/mol. The smallest absolute Gasteiger partial charge is 0.308 e. The van der Waals surface area contributed by atoms with Gasteiger partial charge < -0.3 is 10.5 Å². The fourth-order valence-corrected chi connectivity index (χ4v) is 1.54. The average molecular weight is 195 g/mol. The summed E-state index contributed by atoms with van der Waals surface area (Å²) in [7, 11) is 0. The highest BCUT2D eigenvalue weighted by atomic mass is 19.1. The zero-order valence-electron chi connectivity index (χ0n) is 7.44. The summed E-state index contributed by atoms with van der Waals surface area (Å²) in [5.41, 5.74) is 6.44. The third-order valence-corrected chi connectivity index (χ3v) is 2.25. The van der Waals surface area contributed by atoms with E-state index >= 15 is 0 Å². The van der Waals surface area contributed by atoms with Crippen molar-refractivity contribution in [2.45, 2.75) is 18.6 Å². The minimum atomic E-state index is -0.428. The molecule has 1 heterocycles. The van der Waals surface area contributed by atoms with Gasteiger partial charge >= 0.3 is 5.97 Å². The molecule has 0 aromatic heterocycles. The van der Waals surface area contributed by atoms with Crippen LogP contribution < -0.4 is 5.73 Å². The fraction of sp³-hybridized carbons (Fsp3) is 0.300. The van der Waals surface area contributed by atoms with E-state index in [-0.39, 0.29) is 24.2 Å². The number of rotatable bonds is 1. The summed E-state index contributed by atoms with van der Waals surface area (Å²) in [6.07, 6.45) is -0.203.